The summed E-state index contributed by atoms with van der Waals surface area (Å²) < 4.78 is 11.2. The van der Waals surface area contributed by atoms with Crippen LogP contribution in [0.15, 0.2) is 72.6 Å². The van der Waals surface area contributed by atoms with Crippen LogP contribution in [0.1, 0.15) is 22.7 Å². The predicted octanol–water partition coefficient (Wildman–Crippen LogP) is 3.54. The SMILES string of the molecule is CN(C)c1ccc([C@@H]2C(=C(O)c3ccc4c(c3)OCCO4)C(=O)C(=O)N2Cc2cccnc2)cc1. The van der Waals surface area contributed by atoms with E-state index >= 15 is 0 Å². The molecule has 0 aliphatic carbocycles. The van der Waals surface area contributed by atoms with E-state index in [-0.39, 0.29) is 17.9 Å². The summed E-state index contributed by atoms with van der Waals surface area (Å²) in [7, 11) is 3.87. The van der Waals surface area contributed by atoms with Gasteiger partial charge < -0.3 is 24.4 Å². The molecule has 1 atom stereocenters. The Bertz CT molecular complexity index is 1300. The van der Waals surface area contributed by atoms with E-state index in [1.54, 1.807) is 36.7 Å². The molecule has 0 spiro atoms. The number of hydrogen-bond donors (Lipinski definition) is 1. The van der Waals surface area contributed by atoms with Gasteiger partial charge in [0.25, 0.3) is 11.7 Å². The van der Waals surface area contributed by atoms with Crippen LogP contribution in [-0.4, -0.2) is 54.0 Å². The topological polar surface area (TPSA) is 92.2 Å². The molecule has 1 aromatic heterocycles. The molecule has 0 radical (unpaired) electrons. The molecule has 1 fully saturated rings. The number of ketones is 1. The van der Waals surface area contributed by atoms with Crippen LogP contribution < -0.4 is 14.4 Å². The predicted molar refractivity (Wildman–Crippen MR) is 130 cm³/mol. The molecule has 178 valence electrons. The van der Waals surface area contributed by atoms with Gasteiger partial charge in [0.05, 0.1) is 11.6 Å². The van der Waals surface area contributed by atoms with Crippen molar-refractivity contribution >= 4 is 23.1 Å². The Labute approximate surface area is 203 Å². The third kappa shape index (κ3) is 4.19. The van der Waals surface area contributed by atoms with E-state index in [4.69, 9.17) is 9.47 Å². The number of aromatic nitrogens is 1. The van der Waals surface area contributed by atoms with Gasteiger partial charge in [-0.15, -0.1) is 0 Å². The Morgan fingerprint density at radius 3 is 2.49 bits per heavy atom. The maximum absolute atomic E-state index is 13.3. The van der Waals surface area contributed by atoms with Crippen LogP contribution in [0.2, 0.25) is 0 Å². The zero-order valence-corrected chi connectivity index (χ0v) is 19.5. The van der Waals surface area contributed by atoms with Crippen molar-refractivity contribution in [2.75, 3.05) is 32.2 Å². The van der Waals surface area contributed by atoms with Gasteiger partial charge in [-0.1, -0.05) is 18.2 Å². The number of fused-ring (bicyclic) bond motifs is 1. The molecule has 1 saturated heterocycles. The standard InChI is InChI=1S/C27H25N3O5/c1-29(2)20-8-5-18(6-9-20)24-23(25(31)19-7-10-21-22(14-19)35-13-12-34-21)26(32)27(33)30(24)16-17-4-3-11-28-15-17/h3-11,14-15,24,31H,12-13,16H2,1-2H3/t24-/m1/s1. The number of amides is 1. The highest BCUT2D eigenvalue weighted by Gasteiger charge is 2.46. The first-order chi connectivity index (χ1) is 16.9. The molecule has 8 nitrogen and oxygen atoms in total. The molecule has 8 heteroatoms. The van der Waals surface area contributed by atoms with Crippen LogP contribution in [0.25, 0.3) is 5.76 Å². The summed E-state index contributed by atoms with van der Waals surface area (Å²) in [5, 5.41) is 11.3. The minimum absolute atomic E-state index is 0.0353. The quantitative estimate of drug-likeness (QED) is 0.346. The second-order valence-electron chi connectivity index (χ2n) is 8.63. The van der Waals surface area contributed by atoms with Gasteiger partial charge >= 0.3 is 0 Å². The Morgan fingerprint density at radius 1 is 1.06 bits per heavy atom. The number of carbonyl (C=O) groups is 2. The summed E-state index contributed by atoms with van der Waals surface area (Å²) in [5.74, 6) is -0.606. The van der Waals surface area contributed by atoms with Crippen LogP contribution in [0.4, 0.5) is 5.69 Å². The second-order valence-corrected chi connectivity index (χ2v) is 8.63. The first kappa shape index (κ1) is 22.5. The normalized spacial score (nSPS) is 18.6. The lowest BCUT2D eigenvalue weighted by Crippen LogP contribution is -2.29. The fourth-order valence-corrected chi connectivity index (χ4v) is 4.38. The summed E-state index contributed by atoms with van der Waals surface area (Å²) in [6.45, 7) is 1.02. The van der Waals surface area contributed by atoms with Crippen molar-refractivity contribution in [3.63, 3.8) is 0 Å². The summed E-state index contributed by atoms with van der Waals surface area (Å²) in [6.07, 6.45) is 3.31. The summed E-state index contributed by atoms with van der Waals surface area (Å²) in [4.78, 5) is 34.1. The molecule has 1 amide bonds. The average Bonchev–Trinajstić information content (AvgIpc) is 3.13. The lowest BCUT2D eigenvalue weighted by Gasteiger charge is -2.26. The first-order valence-electron chi connectivity index (χ1n) is 11.3. The summed E-state index contributed by atoms with van der Waals surface area (Å²) >= 11 is 0. The van der Waals surface area contributed by atoms with Crippen molar-refractivity contribution in [1.29, 1.82) is 0 Å². The second kappa shape index (κ2) is 9.13. The molecule has 0 unspecified atom stereocenters. The molecular weight excluding hydrogens is 446 g/mol. The van der Waals surface area contributed by atoms with Gasteiger partial charge in [-0.2, -0.15) is 0 Å². The van der Waals surface area contributed by atoms with Gasteiger partial charge in [0.1, 0.15) is 19.0 Å². The number of carbonyl (C=O) groups excluding carboxylic acids is 2. The molecule has 0 saturated carbocycles. The Hall–Kier alpha value is -4.33. The molecule has 2 aromatic carbocycles. The molecule has 0 bridgehead atoms. The number of aliphatic hydroxyl groups excluding tert-OH is 1. The van der Waals surface area contributed by atoms with Gasteiger partial charge in [-0.25, -0.2) is 0 Å². The van der Waals surface area contributed by atoms with Gasteiger partial charge in [0.15, 0.2) is 11.5 Å². The third-order valence-electron chi connectivity index (χ3n) is 6.16. The van der Waals surface area contributed by atoms with Crippen LogP contribution in [0, 0.1) is 0 Å². The fourth-order valence-electron chi connectivity index (χ4n) is 4.38. The molecule has 2 aliphatic rings. The number of hydrogen-bond acceptors (Lipinski definition) is 7. The van der Waals surface area contributed by atoms with E-state index in [1.165, 1.54) is 4.90 Å². The van der Waals surface area contributed by atoms with Gasteiger partial charge in [-0.05, 0) is 47.5 Å². The van der Waals surface area contributed by atoms with Gasteiger partial charge in [0, 0.05) is 44.3 Å². The van der Waals surface area contributed by atoms with Crippen LogP contribution in [0.3, 0.4) is 0 Å². The van der Waals surface area contributed by atoms with Crippen molar-refractivity contribution in [2.24, 2.45) is 0 Å². The number of benzene rings is 2. The molecule has 3 aromatic rings. The van der Waals surface area contributed by atoms with E-state index in [0.29, 0.717) is 30.3 Å². The number of rotatable bonds is 5. The van der Waals surface area contributed by atoms with E-state index in [2.05, 4.69) is 4.98 Å². The highest BCUT2D eigenvalue weighted by molar-refractivity contribution is 6.46. The van der Waals surface area contributed by atoms with Crippen LogP contribution >= 0.6 is 0 Å². The molecule has 2 aliphatic heterocycles. The van der Waals surface area contributed by atoms with Crippen molar-refractivity contribution in [1.82, 2.24) is 9.88 Å². The molecule has 1 N–H and O–H groups in total. The zero-order chi connectivity index (χ0) is 24.5. The first-order valence-corrected chi connectivity index (χ1v) is 11.3. The van der Waals surface area contributed by atoms with Gasteiger partial charge in [0.2, 0.25) is 0 Å². The van der Waals surface area contributed by atoms with E-state index < -0.39 is 17.7 Å². The van der Waals surface area contributed by atoms with E-state index in [0.717, 1.165) is 16.8 Å². The maximum atomic E-state index is 13.3. The van der Waals surface area contributed by atoms with Crippen molar-refractivity contribution in [3.05, 3.63) is 89.3 Å². The van der Waals surface area contributed by atoms with Gasteiger partial charge in [-0.3, -0.25) is 14.6 Å². The lowest BCUT2D eigenvalue weighted by molar-refractivity contribution is -0.140. The smallest absolute Gasteiger partial charge is 0.295 e. The number of likely N-dealkylation sites (tertiary alicyclic amines) is 1. The third-order valence-corrected chi connectivity index (χ3v) is 6.16. The van der Waals surface area contributed by atoms with Crippen LogP contribution in [-0.2, 0) is 16.1 Å². The van der Waals surface area contributed by atoms with Crippen molar-refractivity contribution in [2.45, 2.75) is 12.6 Å². The summed E-state index contributed by atoms with van der Waals surface area (Å²) in [5.41, 5.74) is 2.89. The monoisotopic (exact) mass is 471 g/mol. The molecule has 35 heavy (non-hydrogen) atoms. The fraction of sp³-hybridized carbons (Fsp3) is 0.222. The molecule has 3 heterocycles. The minimum atomic E-state index is -0.764. The number of Topliss-reactive ketones (excluding diaryl/α,β-unsaturated/α-hetero) is 1. The van der Waals surface area contributed by atoms with Crippen molar-refractivity contribution < 1.29 is 24.2 Å². The zero-order valence-electron chi connectivity index (χ0n) is 19.5. The van der Waals surface area contributed by atoms with E-state index in [1.807, 2.05) is 49.3 Å². The Balaban J connectivity index is 1.62. The minimum Gasteiger partial charge on any atom is -0.507 e. The maximum Gasteiger partial charge on any atom is 0.295 e. The Kier molecular flexibility index (Phi) is 5.86. The van der Waals surface area contributed by atoms with E-state index in [9.17, 15) is 14.7 Å². The average molecular weight is 472 g/mol. The van der Waals surface area contributed by atoms with Crippen molar-refractivity contribution in [3.8, 4) is 11.5 Å². The highest BCUT2D eigenvalue weighted by atomic mass is 16.6. The molecule has 5 rings (SSSR count). The number of anilines is 1. The lowest BCUT2D eigenvalue weighted by atomic mass is 9.94. The van der Waals surface area contributed by atoms with Crippen LogP contribution in [0.5, 0.6) is 11.5 Å². The highest BCUT2D eigenvalue weighted by Crippen LogP contribution is 2.42. The Morgan fingerprint density at radius 2 is 1.80 bits per heavy atom. The number of aliphatic hydroxyl groups is 1. The summed E-state index contributed by atoms with van der Waals surface area (Å²) in [6, 6.07) is 15.4. The number of nitrogens with zero attached hydrogens (tertiary/aromatic N) is 3. The number of pyridine rings is 1. The molecular formula is C27H25N3O5. The number of ether oxygens (including phenoxy) is 2. The largest absolute Gasteiger partial charge is 0.507 e.